The number of rotatable bonds is 5. The van der Waals surface area contributed by atoms with Gasteiger partial charge in [0.15, 0.2) is 0 Å². The first-order valence-corrected chi connectivity index (χ1v) is 6.56. The third-order valence-electron chi connectivity index (χ3n) is 3.69. The minimum Gasteiger partial charge on any atom is -0.480 e. The summed E-state index contributed by atoms with van der Waals surface area (Å²) in [7, 11) is 0. The summed E-state index contributed by atoms with van der Waals surface area (Å²) in [6.45, 7) is 3.75. The predicted molar refractivity (Wildman–Crippen MR) is 65.7 cm³/mol. The van der Waals surface area contributed by atoms with Crippen LogP contribution in [0.2, 0.25) is 0 Å². The number of hydrogen-bond donors (Lipinski definition) is 1. The van der Waals surface area contributed by atoms with E-state index in [0.29, 0.717) is 18.9 Å². The lowest BCUT2D eigenvalue weighted by molar-refractivity contribution is -0.150. The molecular formula is C13H23NO3. The van der Waals surface area contributed by atoms with E-state index in [1.165, 1.54) is 31.1 Å². The van der Waals surface area contributed by atoms with Gasteiger partial charge < -0.3 is 10.0 Å². The molecule has 1 fully saturated rings. The summed E-state index contributed by atoms with van der Waals surface area (Å²) in [5, 5.41) is 9.26. The van der Waals surface area contributed by atoms with Crippen LogP contribution in [0.4, 0.5) is 0 Å². The van der Waals surface area contributed by atoms with Gasteiger partial charge in [0.05, 0.1) is 0 Å². The van der Waals surface area contributed by atoms with E-state index in [2.05, 4.69) is 0 Å². The fraction of sp³-hybridized carbons (Fsp3) is 0.846. The van der Waals surface area contributed by atoms with Crippen LogP contribution in [0.5, 0.6) is 0 Å². The van der Waals surface area contributed by atoms with Crippen molar-refractivity contribution in [2.24, 2.45) is 5.92 Å². The van der Waals surface area contributed by atoms with Gasteiger partial charge in [-0.25, -0.2) is 4.79 Å². The summed E-state index contributed by atoms with van der Waals surface area (Å²) < 4.78 is 0. The van der Waals surface area contributed by atoms with Gasteiger partial charge in [-0.2, -0.15) is 0 Å². The van der Waals surface area contributed by atoms with Crippen LogP contribution >= 0.6 is 0 Å². The van der Waals surface area contributed by atoms with E-state index in [0.717, 1.165) is 12.8 Å². The minimum atomic E-state index is -0.868. The van der Waals surface area contributed by atoms with Crippen molar-refractivity contribution in [1.29, 1.82) is 0 Å². The molecule has 1 unspecified atom stereocenters. The highest BCUT2D eigenvalue weighted by Crippen LogP contribution is 2.28. The van der Waals surface area contributed by atoms with Crippen molar-refractivity contribution in [3.05, 3.63) is 0 Å². The maximum absolute atomic E-state index is 11.4. The van der Waals surface area contributed by atoms with Crippen LogP contribution in [0.1, 0.15) is 52.4 Å². The fourth-order valence-corrected chi connectivity index (χ4v) is 2.76. The van der Waals surface area contributed by atoms with Crippen LogP contribution in [0, 0.1) is 5.92 Å². The zero-order chi connectivity index (χ0) is 12.8. The molecule has 0 saturated heterocycles. The third-order valence-corrected chi connectivity index (χ3v) is 3.69. The first kappa shape index (κ1) is 14.0. The molecule has 1 rings (SSSR count). The molecule has 0 bridgehead atoms. The summed E-state index contributed by atoms with van der Waals surface area (Å²) in [5.74, 6) is -0.540. The largest absolute Gasteiger partial charge is 0.480 e. The Morgan fingerprint density at radius 1 is 1.29 bits per heavy atom. The number of carbonyl (C=O) groups is 2. The van der Waals surface area contributed by atoms with Crippen molar-refractivity contribution in [2.75, 3.05) is 6.54 Å². The van der Waals surface area contributed by atoms with Gasteiger partial charge in [-0.3, -0.25) is 4.79 Å². The molecule has 1 aliphatic rings. The number of likely N-dealkylation sites (N-methyl/N-ethyl adjacent to an activating group) is 1. The number of carboxylic acid groups (broad SMARTS) is 1. The third kappa shape index (κ3) is 4.02. The highest BCUT2D eigenvalue weighted by atomic mass is 16.4. The van der Waals surface area contributed by atoms with E-state index < -0.39 is 12.0 Å². The second-order valence-electron chi connectivity index (χ2n) is 4.90. The molecule has 1 N–H and O–H groups in total. The molecule has 0 spiro atoms. The number of nitrogens with zero attached hydrogens (tertiary/aromatic N) is 1. The Morgan fingerprint density at radius 2 is 1.88 bits per heavy atom. The normalized spacial score (nSPS) is 18.7. The summed E-state index contributed by atoms with van der Waals surface area (Å²) >= 11 is 0. The lowest BCUT2D eigenvalue weighted by atomic mass is 9.84. The molecule has 1 amide bonds. The van der Waals surface area contributed by atoms with Crippen molar-refractivity contribution < 1.29 is 14.7 Å². The van der Waals surface area contributed by atoms with Crippen LogP contribution in [0.3, 0.4) is 0 Å². The highest BCUT2D eigenvalue weighted by molar-refractivity contribution is 5.82. The zero-order valence-corrected chi connectivity index (χ0v) is 10.8. The lowest BCUT2D eigenvalue weighted by Gasteiger charge is -2.31. The highest BCUT2D eigenvalue weighted by Gasteiger charge is 2.29. The summed E-state index contributed by atoms with van der Waals surface area (Å²) in [6.07, 6.45) is 6.49. The predicted octanol–water partition coefficient (Wildman–Crippen LogP) is 2.28. The number of amides is 1. The molecule has 17 heavy (non-hydrogen) atoms. The lowest BCUT2D eigenvalue weighted by Crippen LogP contribution is -2.45. The molecule has 0 aromatic heterocycles. The van der Waals surface area contributed by atoms with Crippen LogP contribution in [-0.4, -0.2) is 34.5 Å². The number of aliphatic carboxylic acids is 1. The van der Waals surface area contributed by atoms with Gasteiger partial charge in [-0.15, -0.1) is 0 Å². The average molecular weight is 241 g/mol. The molecule has 1 saturated carbocycles. The van der Waals surface area contributed by atoms with Crippen molar-refractivity contribution in [2.45, 2.75) is 58.4 Å². The standard InChI is InChI=1S/C13H23NO3/c1-3-14(10(2)15)12(13(16)17)9-11-7-5-4-6-8-11/h11-12H,3-9H2,1-2H3,(H,16,17). The van der Waals surface area contributed by atoms with E-state index in [4.69, 9.17) is 0 Å². The van der Waals surface area contributed by atoms with Gasteiger partial charge in [0.1, 0.15) is 6.04 Å². The first-order chi connectivity index (χ1) is 8.06. The van der Waals surface area contributed by atoms with Crippen LogP contribution in [-0.2, 0) is 9.59 Å². The Balaban J connectivity index is 2.64. The Kier molecular flexibility index (Phi) is 5.45. The molecule has 0 radical (unpaired) electrons. The number of hydrogen-bond acceptors (Lipinski definition) is 2. The van der Waals surface area contributed by atoms with Crippen molar-refractivity contribution in [3.8, 4) is 0 Å². The minimum absolute atomic E-state index is 0.143. The maximum atomic E-state index is 11.4. The van der Waals surface area contributed by atoms with Gasteiger partial charge in [0.25, 0.3) is 0 Å². The fourth-order valence-electron chi connectivity index (χ4n) is 2.76. The molecule has 4 nitrogen and oxygen atoms in total. The van der Waals surface area contributed by atoms with E-state index in [1.807, 2.05) is 6.92 Å². The van der Waals surface area contributed by atoms with Gasteiger partial charge >= 0.3 is 5.97 Å². The Morgan fingerprint density at radius 3 is 2.29 bits per heavy atom. The second-order valence-corrected chi connectivity index (χ2v) is 4.90. The van der Waals surface area contributed by atoms with Gasteiger partial charge in [-0.1, -0.05) is 32.1 Å². The SMILES string of the molecule is CCN(C(C)=O)C(CC1CCCCC1)C(=O)O. The van der Waals surface area contributed by atoms with Gasteiger partial charge in [0, 0.05) is 13.5 Å². The van der Waals surface area contributed by atoms with E-state index in [-0.39, 0.29) is 5.91 Å². The van der Waals surface area contributed by atoms with Crippen molar-refractivity contribution >= 4 is 11.9 Å². The van der Waals surface area contributed by atoms with E-state index in [1.54, 1.807) is 0 Å². The van der Waals surface area contributed by atoms with Crippen LogP contribution in [0.15, 0.2) is 0 Å². The number of carbonyl (C=O) groups excluding carboxylic acids is 1. The summed E-state index contributed by atoms with van der Waals surface area (Å²) in [4.78, 5) is 24.2. The Labute approximate surface area is 103 Å². The topological polar surface area (TPSA) is 57.6 Å². The molecule has 98 valence electrons. The molecule has 0 aromatic rings. The summed E-state index contributed by atoms with van der Waals surface area (Å²) in [5.41, 5.74) is 0. The van der Waals surface area contributed by atoms with Crippen LogP contribution < -0.4 is 0 Å². The maximum Gasteiger partial charge on any atom is 0.326 e. The molecular weight excluding hydrogens is 218 g/mol. The quantitative estimate of drug-likeness (QED) is 0.803. The zero-order valence-electron chi connectivity index (χ0n) is 10.8. The van der Waals surface area contributed by atoms with Crippen molar-refractivity contribution in [3.63, 3.8) is 0 Å². The molecule has 4 heteroatoms. The second kappa shape index (κ2) is 6.62. The smallest absolute Gasteiger partial charge is 0.326 e. The van der Waals surface area contributed by atoms with Crippen LogP contribution in [0.25, 0.3) is 0 Å². The van der Waals surface area contributed by atoms with E-state index >= 15 is 0 Å². The summed E-state index contributed by atoms with van der Waals surface area (Å²) in [6, 6.07) is -0.638. The monoisotopic (exact) mass is 241 g/mol. The average Bonchev–Trinajstić information content (AvgIpc) is 2.29. The van der Waals surface area contributed by atoms with Crippen molar-refractivity contribution in [1.82, 2.24) is 4.90 Å². The molecule has 1 aliphatic carbocycles. The Hall–Kier alpha value is -1.06. The first-order valence-electron chi connectivity index (χ1n) is 6.56. The van der Waals surface area contributed by atoms with Gasteiger partial charge in [-0.05, 0) is 19.3 Å². The molecule has 0 aliphatic heterocycles. The Bertz CT molecular complexity index is 272. The van der Waals surface area contributed by atoms with Gasteiger partial charge in [0.2, 0.25) is 5.91 Å². The van der Waals surface area contributed by atoms with E-state index in [9.17, 15) is 14.7 Å². The molecule has 0 aromatic carbocycles. The molecule has 0 heterocycles. The number of carboxylic acids is 1. The molecule has 1 atom stereocenters.